The van der Waals surface area contributed by atoms with Gasteiger partial charge in [-0.2, -0.15) is 0 Å². The van der Waals surface area contributed by atoms with Crippen molar-refractivity contribution in [1.29, 1.82) is 0 Å². The maximum atomic E-state index is 15.0. The first kappa shape index (κ1) is 20.9. The number of rotatable bonds is 5. The number of alkyl carbamates (subject to hydrolysis) is 1. The summed E-state index contributed by atoms with van der Waals surface area (Å²) >= 11 is 0. The third kappa shape index (κ3) is 3.88. The summed E-state index contributed by atoms with van der Waals surface area (Å²) < 4.78 is 42.2. The molecule has 1 aromatic heterocycles. The van der Waals surface area contributed by atoms with E-state index >= 15 is 0 Å². The molecule has 2 heterocycles. The SMILES string of the molecule is COc1cc(F)c([C@@H]2Cn3c(nc4ccccc43)[C@H]2NC(=O)OCc2ccccc2)c(F)c1. The second-order valence-electron chi connectivity index (χ2n) is 7.86. The van der Waals surface area contributed by atoms with Crippen LogP contribution in [-0.2, 0) is 17.9 Å². The third-order valence-corrected chi connectivity index (χ3v) is 5.89. The van der Waals surface area contributed by atoms with Gasteiger partial charge in [-0.3, -0.25) is 0 Å². The van der Waals surface area contributed by atoms with Gasteiger partial charge in [0.1, 0.15) is 29.8 Å². The third-order valence-electron chi connectivity index (χ3n) is 5.89. The normalized spacial score (nSPS) is 17.1. The number of benzene rings is 3. The number of halogens is 2. The van der Waals surface area contributed by atoms with E-state index in [1.54, 1.807) is 0 Å². The van der Waals surface area contributed by atoms with Crippen LogP contribution in [0.1, 0.15) is 28.9 Å². The van der Waals surface area contributed by atoms with Crippen molar-refractivity contribution in [2.24, 2.45) is 0 Å². The molecule has 0 saturated carbocycles. The molecule has 2 atom stereocenters. The van der Waals surface area contributed by atoms with Gasteiger partial charge in [0.2, 0.25) is 0 Å². The molecule has 0 bridgehead atoms. The summed E-state index contributed by atoms with van der Waals surface area (Å²) in [6.07, 6.45) is -0.691. The van der Waals surface area contributed by atoms with E-state index in [-0.39, 0.29) is 24.5 Å². The van der Waals surface area contributed by atoms with E-state index in [0.29, 0.717) is 5.82 Å². The molecule has 1 aliphatic heterocycles. The summed E-state index contributed by atoms with van der Waals surface area (Å²) in [7, 11) is 1.35. The summed E-state index contributed by atoms with van der Waals surface area (Å²) in [6, 6.07) is 18.2. The van der Waals surface area contributed by atoms with Crippen molar-refractivity contribution in [2.45, 2.75) is 25.1 Å². The van der Waals surface area contributed by atoms with Crippen LogP contribution < -0.4 is 10.1 Å². The second-order valence-corrected chi connectivity index (χ2v) is 7.86. The topological polar surface area (TPSA) is 65.4 Å². The van der Waals surface area contributed by atoms with Gasteiger partial charge in [0.05, 0.1) is 24.2 Å². The molecule has 0 spiro atoms. The first-order chi connectivity index (χ1) is 16.0. The Labute approximate surface area is 188 Å². The van der Waals surface area contributed by atoms with E-state index < -0.39 is 29.7 Å². The van der Waals surface area contributed by atoms with E-state index in [4.69, 9.17) is 9.47 Å². The fourth-order valence-corrected chi connectivity index (χ4v) is 4.35. The summed E-state index contributed by atoms with van der Waals surface area (Å²) in [5.41, 5.74) is 2.27. The molecule has 0 saturated heterocycles. The van der Waals surface area contributed by atoms with E-state index in [1.165, 1.54) is 7.11 Å². The average molecular weight is 449 g/mol. The number of para-hydroxylation sites is 2. The standard InChI is InChI=1S/C25H21F2N3O3/c1-32-16-11-18(26)22(19(27)12-16)17-13-30-21-10-6-5-9-20(21)28-24(30)23(17)29-25(31)33-14-15-7-3-2-4-8-15/h2-12,17,23H,13-14H2,1H3,(H,29,31)/t17-,23-/m0/s1. The number of hydrogen-bond acceptors (Lipinski definition) is 4. The zero-order valence-electron chi connectivity index (χ0n) is 17.8. The van der Waals surface area contributed by atoms with Gasteiger partial charge in [0, 0.05) is 30.2 Å². The Morgan fingerprint density at radius 3 is 2.52 bits per heavy atom. The lowest BCUT2D eigenvalue weighted by atomic mass is 9.92. The minimum Gasteiger partial charge on any atom is -0.497 e. The van der Waals surface area contributed by atoms with E-state index in [0.717, 1.165) is 28.7 Å². The van der Waals surface area contributed by atoms with Crippen molar-refractivity contribution < 1.29 is 23.0 Å². The lowest BCUT2D eigenvalue weighted by Gasteiger charge is -2.21. The van der Waals surface area contributed by atoms with Crippen molar-refractivity contribution in [1.82, 2.24) is 14.9 Å². The molecule has 1 N–H and O–H groups in total. The highest BCUT2D eigenvalue weighted by molar-refractivity contribution is 5.77. The van der Waals surface area contributed by atoms with Crippen LogP contribution in [0.5, 0.6) is 5.75 Å². The van der Waals surface area contributed by atoms with Gasteiger partial charge >= 0.3 is 6.09 Å². The minimum absolute atomic E-state index is 0.0751. The molecule has 1 amide bonds. The highest BCUT2D eigenvalue weighted by atomic mass is 19.1. The Bertz CT molecular complexity index is 1300. The Balaban J connectivity index is 1.48. The van der Waals surface area contributed by atoms with Crippen LogP contribution in [0.4, 0.5) is 13.6 Å². The first-order valence-corrected chi connectivity index (χ1v) is 10.5. The van der Waals surface area contributed by atoms with Crippen LogP contribution in [0.15, 0.2) is 66.7 Å². The van der Waals surface area contributed by atoms with Crippen LogP contribution in [0.3, 0.4) is 0 Å². The van der Waals surface area contributed by atoms with Crippen LogP contribution >= 0.6 is 0 Å². The smallest absolute Gasteiger partial charge is 0.408 e. The number of carbonyl (C=O) groups excluding carboxylic acids is 1. The number of nitrogens with one attached hydrogen (secondary N) is 1. The van der Waals surface area contributed by atoms with Crippen molar-refractivity contribution in [3.63, 3.8) is 0 Å². The number of amides is 1. The lowest BCUT2D eigenvalue weighted by Crippen LogP contribution is -2.32. The number of ether oxygens (including phenoxy) is 2. The maximum absolute atomic E-state index is 15.0. The van der Waals surface area contributed by atoms with Gasteiger partial charge in [0.25, 0.3) is 0 Å². The van der Waals surface area contributed by atoms with Crippen LogP contribution in [0, 0.1) is 11.6 Å². The monoisotopic (exact) mass is 449 g/mol. The number of fused-ring (bicyclic) bond motifs is 3. The number of aromatic nitrogens is 2. The number of methoxy groups -OCH3 is 1. The Morgan fingerprint density at radius 2 is 1.79 bits per heavy atom. The molecule has 1 aliphatic rings. The Kier molecular flexibility index (Phi) is 5.42. The maximum Gasteiger partial charge on any atom is 0.408 e. The molecule has 3 aromatic carbocycles. The highest BCUT2D eigenvalue weighted by Gasteiger charge is 2.40. The molecule has 168 valence electrons. The fourth-order valence-electron chi connectivity index (χ4n) is 4.35. The number of carbonyl (C=O) groups is 1. The average Bonchev–Trinajstić information content (AvgIpc) is 3.34. The zero-order chi connectivity index (χ0) is 22.9. The molecule has 4 aromatic rings. The van der Waals surface area contributed by atoms with Gasteiger partial charge in [0.15, 0.2) is 0 Å². The predicted octanol–water partition coefficient (Wildman–Crippen LogP) is 5.09. The number of nitrogens with zero attached hydrogens (tertiary/aromatic N) is 2. The lowest BCUT2D eigenvalue weighted by molar-refractivity contribution is 0.134. The summed E-state index contributed by atoms with van der Waals surface area (Å²) in [4.78, 5) is 17.3. The zero-order valence-corrected chi connectivity index (χ0v) is 17.8. The van der Waals surface area contributed by atoms with Crippen LogP contribution in [0.2, 0.25) is 0 Å². The number of hydrogen-bond donors (Lipinski definition) is 1. The quantitative estimate of drug-likeness (QED) is 0.461. The van der Waals surface area contributed by atoms with Gasteiger partial charge in [-0.25, -0.2) is 18.6 Å². The molecule has 0 aliphatic carbocycles. The van der Waals surface area contributed by atoms with Crippen molar-refractivity contribution >= 4 is 17.1 Å². The first-order valence-electron chi connectivity index (χ1n) is 10.5. The molecule has 0 unspecified atom stereocenters. The molecule has 0 radical (unpaired) electrons. The van der Waals surface area contributed by atoms with Gasteiger partial charge in [-0.05, 0) is 17.7 Å². The van der Waals surface area contributed by atoms with Gasteiger partial charge in [-0.1, -0.05) is 42.5 Å². The molecular formula is C25H21F2N3O3. The summed E-state index contributed by atoms with van der Waals surface area (Å²) in [6.45, 7) is 0.325. The summed E-state index contributed by atoms with van der Waals surface area (Å²) in [5.74, 6) is -1.59. The van der Waals surface area contributed by atoms with Gasteiger partial charge in [-0.15, -0.1) is 0 Å². The largest absolute Gasteiger partial charge is 0.497 e. The van der Waals surface area contributed by atoms with E-state index in [9.17, 15) is 13.6 Å². The summed E-state index contributed by atoms with van der Waals surface area (Å²) in [5, 5.41) is 2.79. The Morgan fingerprint density at radius 1 is 1.09 bits per heavy atom. The molecule has 6 nitrogen and oxygen atoms in total. The van der Waals surface area contributed by atoms with Crippen molar-refractivity contribution in [2.75, 3.05) is 7.11 Å². The van der Waals surface area contributed by atoms with E-state index in [1.807, 2.05) is 59.2 Å². The van der Waals surface area contributed by atoms with Crippen molar-refractivity contribution in [3.8, 4) is 5.75 Å². The molecule has 33 heavy (non-hydrogen) atoms. The highest BCUT2D eigenvalue weighted by Crippen LogP contribution is 2.43. The Hall–Kier alpha value is -3.94. The van der Waals surface area contributed by atoms with Crippen molar-refractivity contribution in [3.05, 3.63) is 95.3 Å². The second kappa shape index (κ2) is 8.54. The molecule has 8 heteroatoms. The van der Waals surface area contributed by atoms with Crippen LogP contribution in [-0.4, -0.2) is 22.8 Å². The predicted molar refractivity (Wildman–Crippen MR) is 118 cm³/mol. The number of imidazole rings is 1. The van der Waals surface area contributed by atoms with E-state index in [2.05, 4.69) is 10.3 Å². The van der Waals surface area contributed by atoms with Gasteiger partial charge < -0.3 is 19.4 Å². The molecule has 5 rings (SSSR count). The molecular weight excluding hydrogens is 428 g/mol. The molecule has 0 fully saturated rings. The van der Waals surface area contributed by atoms with Crippen LogP contribution in [0.25, 0.3) is 11.0 Å². The minimum atomic E-state index is -0.780. The fraction of sp³-hybridized carbons (Fsp3) is 0.200.